The topological polar surface area (TPSA) is 53.4 Å². The first-order valence-electron chi connectivity index (χ1n) is 10.7. The Morgan fingerprint density at radius 2 is 1.56 bits per heavy atom. The number of fused-ring (bicyclic) bond motifs is 1. The number of nitrogens with zero attached hydrogens (tertiary/aromatic N) is 4. The van der Waals surface area contributed by atoms with Crippen molar-refractivity contribution in [3.8, 4) is 0 Å². The van der Waals surface area contributed by atoms with Crippen LogP contribution in [0, 0.1) is 5.82 Å². The van der Waals surface area contributed by atoms with Gasteiger partial charge in [0.2, 0.25) is 5.95 Å². The van der Waals surface area contributed by atoms with Gasteiger partial charge in [0.25, 0.3) is 0 Å². The minimum Gasteiger partial charge on any atom is -0.339 e. The number of para-hydroxylation sites is 3. The SMILES string of the molecule is O=C(Nc1ccccc1)N1CCN(c2nc3ccccc3n2Cc2ccc(F)cc2)CC1. The zero-order valence-corrected chi connectivity index (χ0v) is 17.6. The van der Waals surface area contributed by atoms with E-state index in [1.54, 1.807) is 12.1 Å². The highest BCUT2D eigenvalue weighted by molar-refractivity contribution is 5.89. The van der Waals surface area contributed by atoms with E-state index in [1.807, 2.05) is 53.4 Å². The third-order valence-corrected chi connectivity index (χ3v) is 5.76. The van der Waals surface area contributed by atoms with Gasteiger partial charge in [0.1, 0.15) is 5.82 Å². The van der Waals surface area contributed by atoms with Crippen LogP contribution in [0.25, 0.3) is 11.0 Å². The monoisotopic (exact) mass is 429 g/mol. The summed E-state index contributed by atoms with van der Waals surface area (Å²) < 4.78 is 15.5. The largest absolute Gasteiger partial charge is 0.339 e. The van der Waals surface area contributed by atoms with Gasteiger partial charge < -0.3 is 19.7 Å². The Labute approximate surface area is 185 Å². The van der Waals surface area contributed by atoms with Gasteiger partial charge in [-0.2, -0.15) is 0 Å². The fourth-order valence-corrected chi connectivity index (χ4v) is 4.07. The number of halogens is 1. The Balaban J connectivity index is 1.34. The molecule has 3 aromatic carbocycles. The Hall–Kier alpha value is -3.87. The molecular formula is C25H24FN5O. The summed E-state index contributed by atoms with van der Waals surface area (Å²) in [4.78, 5) is 21.6. The summed E-state index contributed by atoms with van der Waals surface area (Å²) in [5, 5.41) is 2.95. The second kappa shape index (κ2) is 8.70. The number of rotatable bonds is 4. The van der Waals surface area contributed by atoms with Crippen molar-refractivity contribution in [1.29, 1.82) is 0 Å². The Kier molecular flexibility index (Phi) is 5.46. The van der Waals surface area contributed by atoms with E-state index in [0.717, 1.165) is 28.2 Å². The number of anilines is 2. The van der Waals surface area contributed by atoms with Crippen LogP contribution in [-0.2, 0) is 6.54 Å². The number of imidazole rings is 1. The maximum absolute atomic E-state index is 13.4. The standard InChI is InChI=1S/C25H24FN5O/c26-20-12-10-19(11-13-20)18-31-23-9-5-4-8-22(23)28-24(31)29-14-16-30(17-15-29)25(32)27-21-6-2-1-3-7-21/h1-13H,14-18H2,(H,27,32). The van der Waals surface area contributed by atoms with Crippen molar-refractivity contribution in [3.63, 3.8) is 0 Å². The van der Waals surface area contributed by atoms with Crippen LogP contribution in [0.2, 0.25) is 0 Å². The number of aromatic nitrogens is 2. The van der Waals surface area contributed by atoms with Gasteiger partial charge in [-0.3, -0.25) is 0 Å². The van der Waals surface area contributed by atoms with Gasteiger partial charge in [-0.25, -0.2) is 14.2 Å². The second-order valence-corrected chi connectivity index (χ2v) is 7.88. The van der Waals surface area contributed by atoms with E-state index in [4.69, 9.17) is 4.98 Å². The van der Waals surface area contributed by atoms with E-state index in [2.05, 4.69) is 20.9 Å². The van der Waals surface area contributed by atoms with E-state index >= 15 is 0 Å². The molecule has 1 saturated heterocycles. The molecule has 1 aromatic heterocycles. The van der Waals surface area contributed by atoms with Crippen LogP contribution in [0.3, 0.4) is 0 Å². The average Bonchev–Trinajstić information content (AvgIpc) is 3.19. The molecule has 4 aromatic rings. The van der Waals surface area contributed by atoms with Crippen LogP contribution in [0.1, 0.15) is 5.56 Å². The normalized spacial score (nSPS) is 14.0. The van der Waals surface area contributed by atoms with Crippen molar-refractivity contribution in [3.05, 3.63) is 90.2 Å². The Morgan fingerprint density at radius 3 is 2.31 bits per heavy atom. The van der Waals surface area contributed by atoms with E-state index in [9.17, 15) is 9.18 Å². The lowest BCUT2D eigenvalue weighted by atomic mass is 10.2. The molecule has 0 saturated carbocycles. The average molecular weight is 429 g/mol. The summed E-state index contributed by atoms with van der Waals surface area (Å²) in [6, 6.07) is 24.0. The number of nitrogens with one attached hydrogen (secondary N) is 1. The summed E-state index contributed by atoms with van der Waals surface area (Å²) in [7, 11) is 0. The van der Waals surface area contributed by atoms with Crippen LogP contribution in [0.15, 0.2) is 78.9 Å². The van der Waals surface area contributed by atoms with Gasteiger partial charge in [-0.05, 0) is 42.0 Å². The predicted molar refractivity (Wildman–Crippen MR) is 124 cm³/mol. The fourth-order valence-electron chi connectivity index (χ4n) is 4.07. The van der Waals surface area contributed by atoms with Crippen LogP contribution in [-0.4, -0.2) is 46.7 Å². The van der Waals surface area contributed by atoms with Gasteiger partial charge in [-0.15, -0.1) is 0 Å². The van der Waals surface area contributed by atoms with E-state index < -0.39 is 0 Å². The maximum atomic E-state index is 13.4. The molecule has 2 amide bonds. The summed E-state index contributed by atoms with van der Waals surface area (Å²) in [6.07, 6.45) is 0. The van der Waals surface area contributed by atoms with Crippen LogP contribution in [0.5, 0.6) is 0 Å². The molecule has 0 bridgehead atoms. The molecule has 0 unspecified atom stereocenters. The summed E-state index contributed by atoms with van der Waals surface area (Å²) in [6.45, 7) is 3.20. The molecule has 1 aliphatic rings. The first-order chi connectivity index (χ1) is 15.7. The molecule has 0 spiro atoms. The first kappa shape index (κ1) is 20.1. The molecule has 0 radical (unpaired) electrons. The molecule has 5 rings (SSSR count). The maximum Gasteiger partial charge on any atom is 0.321 e. The highest BCUT2D eigenvalue weighted by Gasteiger charge is 2.25. The summed E-state index contributed by atoms with van der Waals surface area (Å²) >= 11 is 0. The second-order valence-electron chi connectivity index (χ2n) is 7.88. The number of piperazine rings is 1. The molecule has 32 heavy (non-hydrogen) atoms. The quantitative estimate of drug-likeness (QED) is 0.517. The number of urea groups is 1. The number of carbonyl (C=O) groups excluding carboxylic acids is 1. The molecule has 162 valence electrons. The minimum atomic E-state index is -0.241. The third-order valence-electron chi connectivity index (χ3n) is 5.76. The van der Waals surface area contributed by atoms with Crippen molar-refractivity contribution in [1.82, 2.24) is 14.5 Å². The molecule has 1 N–H and O–H groups in total. The molecule has 1 aliphatic heterocycles. The Bertz CT molecular complexity index is 1210. The van der Waals surface area contributed by atoms with Gasteiger partial charge >= 0.3 is 6.03 Å². The number of hydrogen-bond acceptors (Lipinski definition) is 3. The lowest BCUT2D eigenvalue weighted by Crippen LogP contribution is -2.50. The summed E-state index contributed by atoms with van der Waals surface area (Å²) in [5.41, 5.74) is 3.77. The molecular weight excluding hydrogens is 405 g/mol. The highest BCUT2D eigenvalue weighted by atomic mass is 19.1. The highest BCUT2D eigenvalue weighted by Crippen LogP contribution is 2.25. The minimum absolute atomic E-state index is 0.0873. The fraction of sp³-hybridized carbons (Fsp3) is 0.200. The van der Waals surface area contributed by atoms with Crippen molar-refractivity contribution >= 4 is 28.7 Å². The molecule has 1 fully saturated rings. The lowest BCUT2D eigenvalue weighted by molar-refractivity contribution is 0.208. The number of hydrogen-bond donors (Lipinski definition) is 1. The van der Waals surface area contributed by atoms with Crippen molar-refractivity contribution in [2.24, 2.45) is 0 Å². The van der Waals surface area contributed by atoms with Gasteiger partial charge in [-0.1, -0.05) is 42.5 Å². The summed E-state index contributed by atoms with van der Waals surface area (Å²) in [5.74, 6) is 0.632. The Morgan fingerprint density at radius 1 is 0.875 bits per heavy atom. The molecule has 6 nitrogen and oxygen atoms in total. The zero-order valence-electron chi connectivity index (χ0n) is 17.6. The number of benzene rings is 3. The van der Waals surface area contributed by atoms with E-state index in [1.165, 1.54) is 12.1 Å². The zero-order chi connectivity index (χ0) is 21.9. The molecule has 2 heterocycles. The molecule has 0 aliphatic carbocycles. The predicted octanol–water partition coefficient (Wildman–Crippen LogP) is 4.58. The van der Waals surface area contributed by atoms with Crippen LogP contribution >= 0.6 is 0 Å². The smallest absolute Gasteiger partial charge is 0.321 e. The number of amides is 2. The van der Waals surface area contributed by atoms with Gasteiger partial charge in [0.05, 0.1) is 17.6 Å². The molecule has 7 heteroatoms. The lowest BCUT2D eigenvalue weighted by Gasteiger charge is -2.35. The third kappa shape index (κ3) is 4.14. The van der Waals surface area contributed by atoms with Crippen LogP contribution < -0.4 is 10.2 Å². The van der Waals surface area contributed by atoms with Crippen LogP contribution in [0.4, 0.5) is 20.8 Å². The van der Waals surface area contributed by atoms with E-state index in [0.29, 0.717) is 32.7 Å². The van der Waals surface area contributed by atoms with E-state index in [-0.39, 0.29) is 11.8 Å². The first-order valence-corrected chi connectivity index (χ1v) is 10.7. The van der Waals surface area contributed by atoms with Crippen molar-refractivity contribution in [2.75, 3.05) is 36.4 Å². The molecule has 0 atom stereocenters. The van der Waals surface area contributed by atoms with Gasteiger partial charge in [0.15, 0.2) is 0 Å². The number of carbonyl (C=O) groups is 1. The van der Waals surface area contributed by atoms with Crippen molar-refractivity contribution < 1.29 is 9.18 Å². The van der Waals surface area contributed by atoms with Crippen molar-refractivity contribution in [2.45, 2.75) is 6.54 Å². The van der Waals surface area contributed by atoms with Gasteiger partial charge in [0, 0.05) is 31.9 Å².